The van der Waals surface area contributed by atoms with Crippen LogP contribution in [-0.2, 0) is 9.59 Å². The van der Waals surface area contributed by atoms with Crippen molar-refractivity contribution in [1.82, 2.24) is 4.90 Å². The molecule has 1 aliphatic rings. The molecule has 25 heavy (non-hydrogen) atoms. The summed E-state index contributed by atoms with van der Waals surface area (Å²) in [6, 6.07) is 5.49. The SMILES string of the molecule is O=C(O)[C@@H]1CN(C(=O)CNc2ccccc2[N+](=O)[O-])C[C@H]1C(F)(F)F. The molecule has 1 fully saturated rings. The van der Waals surface area contributed by atoms with Crippen molar-refractivity contribution in [1.29, 1.82) is 0 Å². The highest BCUT2D eigenvalue weighted by Crippen LogP contribution is 2.37. The molecule has 1 aliphatic heterocycles. The lowest BCUT2D eigenvalue weighted by Crippen LogP contribution is -2.35. The number of nitro benzene ring substituents is 1. The number of benzene rings is 1. The first-order chi connectivity index (χ1) is 11.6. The van der Waals surface area contributed by atoms with Gasteiger partial charge in [-0.15, -0.1) is 0 Å². The summed E-state index contributed by atoms with van der Waals surface area (Å²) in [5.41, 5.74) is -0.240. The van der Waals surface area contributed by atoms with Crippen molar-refractivity contribution < 1.29 is 32.8 Å². The fourth-order valence-electron chi connectivity index (χ4n) is 2.65. The second kappa shape index (κ2) is 6.95. The molecule has 0 radical (unpaired) electrons. The number of hydrogen-bond acceptors (Lipinski definition) is 5. The molecule has 1 heterocycles. The Morgan fingerprint density at radius 1 is 1.32 bits per heavy atom. The van der Waals surface area contributed by atoms with E-state index in [1.807, 2.05) is 0 Å². The van der Waals surface area contributed by atoms with Crippen LogP contribution in [0.4, 0.5) is 24.5 Å². The van der Waals surface area contributed by atoms with Crippen LogP contribution in [0.1, 0.15) is 0 Å². The van der Waals surface area contributed by atoms with Crippen molar-refractivity contribution in [2.45, 2.75) is 6.18 Å². The summed E-state index contributed by atoms with van der Waals surface area (Å²) in [4.78, 5) is 34.1. The number of halogens is 3. The first-order valence-electron chi connectivity index (χ1n) is 7.16. The van der Waals surface area contributed by atoms with Crippen LogP contribution in [0.5, 0.6) is 0 Å². The maximum atomic E-state index is 12.9. The van der Waals surface area contributed by atoms with Crippen LogP contribution in [-0.4, -0.2) is 52.6 Å². The number of nitrogens with one attached hydrogen (secondary N) is 1. The summed E-state index contributed by atoms with van der Waals surface area (Å²) in [7, 11) is 0. The van der Waals surface area contributed by atoms with E-state index in [2.05, 4.69) is 5.32 Å². The minimum atomic E-state index is -4.73. The van der Waals surface area contributed by atoms with Crippen molar-refractivity contribution in [3.8, 4) is 0 Å². The average molecular weight is 361 g/mol. The lowest BCUT2D eigenvalue weighted by molar-refractivity contribution is -0.383. The highest BCUT2D eigenvalue weighted by Gasteiger charge is 2.53. The summed E-state index contributed by atoms with van der Waals surface area (Å²) in [5.74, 6) is -6.25. The molecule has 136 valence electrons. The fraction of sp³-hybridized carbons (Fsp3) is 0.429. The van der Waals surface area contributed by atoms with E-state index >= 15 is 0 Å². The second-order valence-corrected chi connectivity index (χ2v) is 5.52. The highest BCUT2D eigenvalue weighted by molar-refractivity contribution is 5.83. The Hall–Kier alpha value is -2.85. The van der Waals surface area contributed by atoms with Crippen molar-refractivity contribution in [3.05, 3.63) is 34.4 Å². The molecule has 0 spiro atoms. The Morgan fingerprint density at radius 2 is 1.96 bits per heavy atom. The number of nitrogens with zero attached hydrogens (tertiary/aromatic N) is 2. The Labute approximate surface area is 139 Å². The van der Waals surface area contributed by atoms with Crippen LogP contribution >= 0.6 is 0 Å². The number of para-hydroxylation sites is 2. The molecular weight excluding hydrogens is 347 g/mol. The van der Waals surface area contributed by atoms with E-state index in [9.17, 15) is 32.9 Å². The third-order valence-corrected chi connectivity index (χ3v) is 3.94. The van der Waals surface area contributed by atoms with Gasteiger partial charge in [-0.1, -0.05) is 12.1 Å². The van der Waals surface area contributed by atoms with Gasteiger partial charge in [0, 0.05) is 19.2 Å². The number of aliphatic carboxylic acids is 1. The summed E-state index contributed by atoms with van der Waals surface area (Å²) in [6.45, 7) is -1.80. The van der Waals surface area contributed by atoms with Gasteiger partial charge < -0.3 is 15.3 Å². The van der Waals surface area contributed by atoms with Crippen LogP contribution in [0, 0.1) is 22.0 Å². The average Bonchev–Trinajstić information content (AvgIpc) is 2.98. The number of carboxylic acid groups (broad SMARTS) is 1. The summed E-state index contributed by atoms with van der Waals surface area (Å²) in [6.07, 6.45) is -4.73. The first-order valence-corrected chi connectivity index (χ1v) is 7.16. The number of alkyl halides is 3. The highest BCUT2D eigenvalue weighted by atomic mass is 19.4. The van der Waals surface area contributed by atoms with Gasteiger partial charge in [0.15, 0.2) is 0 Å². The molecule has 0 unspecified atom stereocenters. The summed E-state index contributed by atoms with van der Waals surface area (Å²) in [5, 5.41) is 22.3. The Balaban J connectivity index is 2.05. The predicted molar refractivity (Wildman–Crippen MR) is 78.8 cm³/mol. The molecule has 8 nitrogen and oxygen atoms in total. The van der Waals surface area contributed by atoms with Gasteiger partial charge in [0.05, 0.1) is 23.3 Å². The van der Waals surface area contributed by atoms with Gasteiger partial charge in [-0.25, -0.2) is 0 Å². The molecule has 1 aromatic rings. The number of carbonyl (C=O) groups is 2. The molecule has 11 heteroatoms. The van der Waals surface area contributed by atoms with Crippen LogP contribution in [0.2, 0.25) is 0 Å². The van der Waals surface area contributed by atoms with Gasteiger partial charge in [-0.2, -0.15) is 13.2 Å². The maximum absolute atomic E-state index is 12.9. The minimum absolute atomic E-state index is 0.0437. The quantitative estimate of drug-likeness (QED) is 0.610. The Bertz CT molecular complexity index is 695. The third-order valence-electron chi connectivity index (χ3n) is 3.94. The normalized spacial score (nSPS) is 20.4. The van der Waals surface area contributed by atoms with Crippen molar-refractivity contribution >= 4 is 23.3 Å². The lowest BCUT2D eigenvalue weighted by atomic mass is 9.96. The number of anilines is 1. The third kappa shape index (κ3) is 4.17. The van der Waals surface area contributed by atoms with Crippen molar-refractivity contribution in [2.75, 3.05) is 25.0 Å². The van der Waals surface area contributed by atoms with Gasteiger partial charge in [-0.05, 0) is 6.07 Å². The molecule has 1 aromatic carbocycles. The largest absolute Gasteiger partial charge is 0.481 e. The van der Waals surface area contributed by atoms with E-state index in [4.69, 9.17) is 5.11 Å². The molecule has 1 amide bonds. The van der Waals surface area contributed by atoms with E-state index < -0.39 is 54.4 Å². The number of carbonyl (C=O) groups excluding carboxylic acids is 1. The monoisotopic (exact) mass is 361 g/mol. The number of nitro groups is 1. The zero-order valence-electron chi connectivity index (χ0n) is 12.7. The number of amides is 1. The van der Waals surface area contributed by atoms with Crippen LogP contribution in [0.25, 0.3) is 0 Å². The van der Waals surface area contributed by atoms with Gasteiger partial charge >= 0.3 is 12.1 Å². The van der Waals surface area contributed by atoms with Crippen LogP contribution in [0.3, 0.4) is 0 Å². The first kappa shape index (κ1) is 18.5. The van der Waals surface area contributed by atoms with E-state index in [0.717, 1.165) is 4.90 Å². The number of likely N-dealkylation sites (tertiary alicyclic amines) is 1. The van der Waals surface area contributed by atoms with Gasteiger partial charge in [-0.3, -0.25) is 19.7 Å². The zero-order chi connectivity index (χ0) is 18.8. The Morgan fingerprint density at radius 3 is 2.48 bits per heavy atom. The standard InChI is InChI=1S/C14H14F3N3O5/c15-14(16,17)9-7-19(6-8(9)13(22)23)12(21)5-18-10-3-1-2-4-11(10)20(24)25/h1-4,8-9,18H,5-7H2,(H,22,23)/t8-,9-/m1/s1. The molecule has 0 bridgehead atoms. The van der Waals surface area contributed by atoms with Crippen LogP contribution < -0.4 is 5.32 Å². The smallest absolute Gasteiger partial charge is 0.394 e. The van der Waals surface area contributed by atoms with Gasteiger partial charge in [0.1, 0.15) is 5.69 Å². The maximum Gasteiger partial charge on any atom is 0.394 e. The Kier molecular flexibility index (Phi) is 5.14. The van der Waals surface area contributed by atoms with Crippen molar-refractivity contribution in [2.24, 2.45) is 11.8 Å². The van der Waals surface area contributed by atoms with E-state index in [0.29, 0.717) is 0 Å². The van der Waals surface area contributed by atoms with E-state index in [-0.39, 0.29) is 11.4 Å². The molecule has 0 aromatic heterocycles. The fourth-order valence-corrected chi connectivity index (χ4v) is 2.65. The summed E-state index contributed by atoms with van der Waals surface area (Å²) < 4.78 is 38.7. The molecule has 2 N–H and O–H groups in total. The molecule has 2 rings (SSSR count). The van der Waals surface area contributed by atoms with E-state index in [1.165, 1.54) is 24.3 Å². The number of hydrogen-bond donors (Lipinski definition) is 2. The minimum Gasteiger partial charge on any atom is -0.481 e. The second-order valence-electron chi connectivity index (χ2n) is 5.52. The zero-order valence-corrected chi connectivity index (χ0v) is 12.7. The predicted octanol–water partition coefficient (Wildman–Crippen LogP) is 1.73. The van der Waals surface area contributed by atoms with Crippen LogP contribution in [0.15, 0.2) is 24.3 Å². The summed E-state index contributed by atoms with van der Waals surface area (Å²) >= 11 is 0. The molecule has 1 saturated heterocycles. The molecule has 0 saturated carbocycles. The van der Waals surface area contributed by atoms with Gasteiger partial charge in [0.25, 0.3) is 5.69 Å². The molecular formula is C14H14F3N3O5. The molecule has 0 aliphatic carbocycles. The topological polar surface area (TPSA) is 113 Å². The molecule has 2 atom stereocenters. The number of rotatable bonds is 5. The lowest BCUT2D eigenvalue weighted by Gasteiger charge is -2.18. The van der Waals surface area contributed by atoms with Gasteiger partial charge in [0.2, 0.25) is 5.91 Å². The number of carboxylic acids is 1. The van der Waals surface area contributed by atoms with Crippen molar-refractivity contribution in [3.63, 3.8) is 0 Å². The van der Waals surface area contributed by atoms with E-state index in [1.54, 1.807) is 0 Å².